The molecule has 54 valence electrons. The SMILES string of the molecule is NCSCc1cnccn1. The molecule has 0 saturated heterocycles. The normalized spacial score (nSPS) is 9.70. The van der Waals surface area contributed by atoms with Crippen molar-refractivity contribution in [3.05, 3.63) is 24.3 Å². The number of aromatic nitrogens is 2. The molecule has 1 aromatic rings. The van der Waals surface area contributed by atoms with Crippen LogP contribution in [-0.2, 0) is 5.75 Å². The molecule has 0 aromatic carbocycles. The van der Waals surface area contributed by atoms with Gasteiger partial charge in [0.1, 0.15) is 0 Å². The van der Waals surface area contributed by atoms with Gasteiger partial charge in [0.25, 0.3) is 0 Å². The molecule has 0 aliphatic heterocycles. The van der Waals surface area contributed by atoms with E-state index in [-0.39, 0.29) is 0 Å². The summed E-state index contributed by atoms with van der Waals surface area (Å²) in [6.07, 6.45) is 5.10. The molecule has 1 aromatic heterocycles. The van der Waals surface area contributed by atoms with Crippen LogP contribution in [0.2, 0.25) is 0 Å². The van der Waals surface area contributed by atoms with Crippen molar-refractivity contribution in [3.63, 3.8) is 0 Å². The fourth-order valence-corrected chi connectivity index (χ4v) is 1.04. The van der Waals surface area contributed by atoms with Crippen molar-refractivity contribution < 1.29 is 0 Å². The molecule has 0 unspecified atom stereocenters. The number of hydrogen-bond acceptors (Lipinski definition) is 4. The zero-order valence-electron chi connectivity index (χ0n) is 5.53. The molecule has 1 rings (SSSR count). The molecule has 0 radical (unpaired) electrons. The molecule has 2 N–H and O–H groups in total. The monoisotopic (exact) mass is 155 g/mol. The van der Waals surface area contributed by atoms with Crippen LogP contribution < -0.4 is 5.73 Å². The van der Waals surface area contributed by atoms with Gasteiger partial charge in [0.2, 0.25) is 0 Å². The fourth-order valence-electron chi connectivity index (χ4n) is 0.568. The van der Waals surface area contributed by atoms with Crippen LogP contribution >= 0.6 is 11.8 Å². The molecule has 0 saturated carbocycles. The first-order valence-electron chi connectivity index (χ1n) is 2.96. The minimum Gasteiger partial charge on any atom is -0.322 e. The van der Waals surface area contributed by atoms with Gasteiger partial charge < -0.3 is 5.73 Å². The highest BCUT2D eigenvalue weighted by Gasteiger charge is 1.90. The third-order valence-electron chi connectivity index (χ3n) is 0.984. The fraction of sp³-hybridized carbons (Fsp3) is 0.333. The molecule has 0 atom stereocenters. The van der Waals surface area contributed by atoms with Crippen molar-refractivity contribution in [1.82, 2.24) is 9.97 Å². The topological polar surface area (TPSA) is 51.8 Å². The predicted octanol–water partition coefficient (Wildman–Crippen LogP) is 0.626. The van der Waals surface area contributed by atoms with Gasteiger partial charge in [0.05, 0.1) is 5.69 Å². The van der Waals surface area contributed by atoms with Gasteiger partial charge >= 0.3 is 0 Å². The number of thioether (sulfide) groups is 1. The Bertz CT molecular complexity index is 178. The molecule has 3 nitrogen and oxygen atoms in total. The molecule has 0 amide bonds. The summed E-state index contributed by atoms with van der Waals surface area (Å²) in [6, 6.07) is 0. The Hall–Kier alpha value is -0.610. The third kappa shape index (κ3) is 2.33. The average molecular weight is 155 g/mol. The Morgan fingerprint density at radius 1 is 1.50 bits per heavy atom. The van der Waals surface area contributed by atoms with Gasteiger partial charge in [-0.25, -0.2) is 0 Å². The summed E-state index contributed by atoms with van der Waals surface area (Å²) in [6.45, 7) is 0. The molecular formula is C6H9N3S. The quantitative estimate of drug-likeness (QED) is 0.650. The maximum Gasteiger partial charge on any atom is 0.0686 e. The van der Waals surface area contributed by atoms with Gasteiger partial charge in [0.15, 0.2) is 0 Å². The van der Waals surface area contributed by atoms with Gasteiger partial charge in [-0.2, -0.15) is 0 Å². The molecule has 0 fully saturated rings. The van der Waals surface area contributed by atoms with Crippen LogP contribution in [0, 0.1) is 0 Å². The van der Waals surface area contributed by atoms with Crippen LogP contribution in [-0.4, -0.2) is 15.8 Å². The van der Waals surface area contributed by atoms with Crippen LogP contribution in [0.1, 0.15) is 5.69 Å². The van der Waals surface area contributed by atoms with Crippen molar-refractivity contribution >= 4 is 11.8 Å². The maximum absolute atomic E-state index is 5.29. The minimum absolute atomic E-state index is 0.635. The molecule has 10 heavy (non-hydrogen) atoms. The second-order valence-electron chi connectivity index (χ2n) is 1.71. The van der Waals surface area contributed by atoms with Crippen LogP contribution in [0.5, 0.6) is 0 Å². The molecule has 0 bridgehead atoms. The van der Waals surface area contributed by atoms with Gasteiger partial charge in [-0.15, -0.1) is 11.8 Å². The highest BCUT2D eigenvalue weighted by molar-refractivity contribution is 7.98. The Morgan fingerprint density at radius 2 is 2.40 bits per heavy atom. The van der Waals surface area contributed by atoms with Crippen molar-refractivity contribution in [3.8, 4) is 0 Å². The highest BCUT2D eigenvalue weighted by Crippen LogP contribution is 2.04. The van der Waals surface area contributed by atoms with Crippen molar-refractivity contribution in [2.45, 2.75) is 5.75 Å². The first kappa shape index (κ1) is 7.50. The van der Waals surface area contributed by atoms with Crippen LogP contribution in [0.15, 0.2) is 18.6 Å². The minimum atomic E-state index is 0.635. The molecule has 0 aliphatic rings. The first-order valence-corrected chi connectivity index (χ1v) is 4.11. The summed E-state index contributed by atoms with van der Waals surface area (Å²) in [5.74, 6) is 1.49. The van der Waals surface area contributed by atoms with Gasteiger partial charge in [-0.3, -0.25) is 9.97 Å². The van der Waals surface area contributed by atoms with Crippen molar-refractivity contribution in [2.24, 2.45) is 5.73 Å². The van der Waals surface area contributed by atoms with E-state index in [0.29, 0.717) is 5.88 Å². The summed E-state index contributed by atoms with van der Waals surface area (Å²) >= 11 is 1.64. The Labute approximate surface area is 64.1 Å². The summed E-state index contributed by atoms with van der Waals surface area (Å²) in [5, 5.41) is 0. The van der Waals surface area contributed by atoms with Crippen LogP contribution in [0.4, 0.5) is 0 Å². The van der Waals surface area contributed by atoms with Crippen molar-refractivity contribution in [1.29, 1.82) is 0 Å². The Morgan fingerprint density at radius 3 is 3.00 bits per heavy atom. The lowest BCUT2D eigenvalue weighted by molar-refractivity contribution is 1.10. The average Bonchev–Trinajstić information content (AvgIpc) is 2.03. The van der Waals surface area contributed by atoms with Crippen LogP contribution in [0.25, 0.3) is 0 Å². The largest absolute Gasteiger partial charge is 0.322 e. The van der Waals surface area contributed by atoms with Gasteiger partial charge in [-0.1, -0.05) is 0 Å². The number of rotatable bonds is 3. The van der Waals surface area contributed by atoms with Gasteiger partial charge in [-0.05, 0) is 0 Å². The smallest absolute Gasteiger partial charge is 0.0686 e. The van der Waals surface area contributed by atoms with E-state index in [1.165, 1.54) is 0 Å². The van der Waals surface area contributed by atoms with E-state index in [2.05, 4.69) is 9.97 Å². The van der Waals surface area contributed by atoms with E-state index in [1.54, 1.807) is 30.4 Å². The molecule has 0 aliphatic carbocycles. The van der Waals surface area contributed by atoms with Gasteiger partial charge in [0, 0.05) is 30.2 Å². The Kier molecular flexibility index (Phi) is 3.18. The first-order chi connectivity index (χ1) is 4.93. The van der Waals surface area contributed by atoms with Crippen LogP contribution in [0.3, 0.4) is 0 Å². The maximum atomic E-state index is 5.29. The Balaban J connectivity index is 2.43. The molecule has 0 spiro atoms. The number of nitrogens with zero attached hydrogens (tertiary/aromatic N) is 2. The standard InChI is InChI=1S/C6H9N3S/c7-5-10-4-6-3-8-1-2-9-6/h1-3H,4-5,7H2. The molecule has 1 heterocycles. The highest BCUT2D eigenvalue weighted by atomic mass is 32.2. The predicted molar refractivity (Wildman–Crippen MR) is 42.4 cm³/mol. The lowest BCUT2D eigenvalue weighted by Gasteiger charge is -1.94. The van der Waals surface area contributed by atoms with Crippen molar-refractivity contribution in [2.75, 3.05) is 5.88 Å². The summed E-state index contributed by atoms with van der Waals surface area (Å²) < 4.78 is 0. The van der Waals surface area contributed by atoms with E-state index < -0.39 is 0 Å². The summed E-state index contributed by atoms with van der Waals surface area (Å²) in [4.78, 5) is 8.00. The lowest BCUT2D eigenvalue weighted by atomic mass is 10.5. The lowest BCUT2D eigenvalue weighted by Crippen LogP contribution is -1.94. The van der Waals surface area contributed by atoms with E-state index in [4.69, 9.17) is 5.73 Å². The summed E-state index contributed by atoms with van der Waals surface area (Å²) in [5.41, 5.74) is 6.28. The molecule has 4 heteroatoms. The van der Waals surface area contributed by atoms with E-state index in [9.17, 15) is 0 Å². The summed E-state index contributed by atoms with van der Waals surface area (Å²) in [7, 11) is 0. The number of hydrogen-bond donors (Lipinski definition) is 1. The second kappa shape index (κ2) is 4.24. The molecular weight excluding hydrogens is 146 g/mol. The second-order valence-corrected chi connectivity index (χ2v) is 2.74. The van der Waals surface area contributed by atoms with E-state index in [1.807, 2.05) is 0 Å². The third-order valence-corrected chi connectivity index (χ3v) is 1.72. The van der Waals surface area contributed by atoms with E-state index >= 15 is 0 Å². The zero-order chi connectivity index (χ0) is 7.23. The van der Waals surface area contributed by atoms with E-state index in [0.717, 1.165) is 11.4 Å². The zero-order valence-corrected chi connectivity index (χ0v) is 6.34. The number of nitrogens with two attached hydrogens (primary N) is 1.